The normalized spacial score (nSPS) is 10.6. The average molecular weight is 132 g/mol. The Balaban J connectivity index is 2.62. The number of unbranched alkanes of at least 4 members (excludes halogenated alkanes) is 2. The Kier molecular flexibility index (Phi) is 7.19. The van der Waals surface area contributed by atoms with E-state index in [9.17, 15) is 4.79 Å². The Labute approximate surface area is 52.6 Å². The van der Waals surface area contributed by atoms with Crippen molar-refractivity contribution in [3.8, 4) is 0 Å². The average Bonchev–Trinajstić information content (AvgIpc) is 1.81. The standard InChI is InChI=1S/C6H13OP/c1-2-3-4-5-8-6-7/h6,8H,2-5H2,1H3. The highest BCUT2D eigenvalue weighted by Gasteiger charge is 1.83. The van der Waals surface area contributed by atoms with Crippen LogP contribution in [-0.2, 0) is 4.79 Å². The first kappa shape index (κ1) is 8.10. The van der Waals surface area contributed by atoms with Gasteiger partial charge in [-0.2, -0.15) is 0 Å². The summed E-state index contributed by atoms with van der Waals surface area (Å²) in [6.07, 6.45) is 4.87. The number of rotatable bonds is 5. The molecular formula is C6H13OP. The third-order valence-electron chi connectivity index (χ3n) is 1.01. The van der Waals surface area contributed by atoms with Gasteiger partial charge in [0.05, 0.1) is 0 Å². The molecule has 0 amide bonds. The third kappa shape index (κ3) is 6.10. The monoisotopic (exact) mass is 132 g/mol. The highest BCUT2D eigenvalue weighted by Crippen LogP contribution is 2.07. The van der Waals surface area contributed by atoms with Gasteiger partial charge in [0.15, 0.2) is 0 Å². The lowest BCUT2D eigenvalue weighted by Gasteiger charge is -1.90. The van der Waals surface area contributed by atoms with Crippen molar-refractivity contribution in [3.63, 3.8) is 0 Å². The zero-order valence-corrected chi connectivity index (χ0v) is 6.31. The van der Waals surface area contributed by atoms with Gasteiger partial charge in [0.1, 0.15) is 6.03 Å². The Bertz CT molecular complexity index is 54.5. The van der Waals surface area contributed by atoms with Crippen LogP contribution < -0.4 is 0 Å². The van der Waals surface area contributed by atoms with Crippen LogP contribution >= 0.6 is 8.58 Å². The van der Waals surface area contributed by atoms with E-state index in [-0.39, 0.29) is 0 Å². The van der Waals surface area contributed by atoms with Gasteiger partial charge in [-0.3, -0.25) is 4.79 Å². The first-order valence-corrected chi connectivity index (χ1v) is 4.37. The van der Waals surface area contributed by atoms with Crippen molar-refractivity contribution in [1.82, 2.24) is 0 Å². The minimum Gasteiger partial charge on any atom is -0.299 e. The van der Waals surface area contributed by atoms with E-state index in [4.69, 9.17) is 0 Å². The van der Waals surface area contributed by atoms with Gasteiger partial charge in [0, 0.05) is 0 Å². The Hall–Kier alpha value is 0.100. The minimum absolute atomic E-state index is 0.544. The molecule has 1 atom stereocenters. The van der Waals surface area contributed by atoms with E-state index in [1.807, 2.05) is 0 Å². The van der Waals surface area contributed by atoms with Crippen LogP contribution in [0.5, 0.6) is 0 Å². The van der Waals surface area contributed by atoms with Crippen LogP contribution in [0.25, 0.3) is 0 Å². The number of hydrogen-bond donors (Lipinski definition) is 0. The summed E-state index contributed by atoms with van der Waals surface area (Å²) in [5.41, 5.74) is 0. The molecule has 0 aromatic rings. The second-order valence-corrected chi connectivity index (χ2v) is 2.92. The van der Waals surface area contributed by atoms with E-state index < -0.39 is 0 Å². The highest BCUT2D eigenvalue weighted by molar-refractivity contribution is 7.54. The van der Waals surface area contributed by atoms with Crippen molar-refractivity contribution in [1.29, 1.82) is 0 Å². The summed E-state index contributed by atoms with van der Waals surface area (Å²) in [6, 6.07) is 1.02. The number of carbonyl (C=O) groups excluding carboxylic acids is 1. The second-order valence-electron chi connectivity index (χ2n) is 1.78. The van der Waals surface area contributed by atoms with E-state index in [0.717, 1.165) is 12.2 Å². The molecule has 1 nitrogen and oxygen atoms in total. The van der Waals surface area contributed by atoms with Gasteiger partial charge in [-0.25, -0.2) is 0 Å². The van der Waals surface area contributed by atoms with Crippen LogP contribution in [0, 0.1) is 0 Å². The van der Waals surface area contributed by atoms with Crippen molar-refractivity contribution in [2.24, 2.45) is 0 Å². The molecular weight excluding hydrogens is 119 g/mol. The van der Waals surface area contributed by atoms with Crippen LogP contribution in [-0.4, -0.2) is 12.2 Å². The molecule has 0 spiro atoms. The topological polar surface area (TPSA) is 17.1 Å². The predicted octanol–water partition coefficient (Wildman–Crippen LogP) is 2.05. The zero-order valence-electron chi connectivity index (χ0n) is 5.31. The first-order valence-electron chi connectivity index (χ1n) is 3.09. The van der Waals surface area contributed by atoms with Crippen LogP contribution in [0.4, 0.5) is 0 Å². The molecule has 0 saturated carbocycles. The summed E-state index contributed by atoms with van der Waals surface area (Å²) in [5, 5.41) is 0. The maximum absolute atomic E-state index is 9.78. The molecule has 0 bridgehead atoms. The van der Waals surface area contributed by atoms with Gasteiger partial charge in [0.25, 0.3) is 0 Å². The molecule has 1 unspecified atom stereocenters. The fourth-order valence-corrected chi connectivity index (χ4v) is 1.11. The lowest BCUT2D eigenvalue weighted by Crippen LogP contribution is -1.75. The summed E-state index contributed by atoms with van der Waals surface area (Å²) in [6.45, 7) is 2.17. The fourth-order valence-electron chi connectivity index (χ4n) is 0.536. The number of carbonyl (C=O) groups is 1. The third-order valence-corrected chi connectivity index (χ3v) is 1.82. The van der Waals surface area contributed by atoms with E-state index in [2.05, 4.69) is 6.92 Å². The van der Waals surface area contributed by atoms with E-state index >= 15 is 0 Å². The van der Waals surface area contributed by atoms with Gasteiger partial charge in [-0.15, -0.1) is 0 Å². The second kappa shape index (κ2) is 7.10. The first-order chi connectivity index (χ1) is 3.91. The Morgan fingerprint density at radius 2 is 2.25 bits per heavy atom. The van der Waals surface area contributed by atoms with Crippen molar-refractivity contribution in [2.45, 2.75) is 26.2 Å². The van der Waals surface area contributed by atoms with Crippen molar-refractivity contribution in [2.75, 3.05) is 6.16 Å². The molecule has 0 saturated heterocycles. The fraction of sp³-hybridized carbons (Fsp3) is 0.833. The molecule has 0 aliphatic heterocycles. The van der Waals surface area contributed by atoms with Gasteiger partial charge in [0.2, 0.25) is 0 Å². The maximum Gasteiger partial charge on any atom is 0.138 e. The minimum atomic E-state index is 0.544. The molecule has 2 heteroatoms. The maximum atomic E-state index is 9.78. The van der Waals surface area contributed by atoms with Gasteiger partial charge >= 0.3 is 0 Å². The largest absolute Gasteiger partial charge is 0.299 e. The molecule has 0 rings (SSSR count). The predicted molar refractivity (Wildman–Crippen MR) is 39.5 cm³/mol. The molecule has 0 aromatic carbocycles. The zero-order chi connectivity index (χ0) is 6.24. The van der Waals surface area contributed by atoms with E-state index in [0.29, 0.717) is 8.58 Å². The summed E-state index contributed by atoms with van der Waals surface area (Å²) >= 11 is 0. The SMILES string of the molecule is CCCCCPC=O. The lowest BCUT2D eigenvalue weighted by atomic mass is 10.3. The van der Waals surface area contributed by atoms with Crippen LogP contribution in [0.15, 0.2) is 0 Å². The van der Waals surface area contributed by atoms with Crippen molar-refractivity contribution in [3.05, 3.63) is 0 Å². The summed E-state index contributed by atoms with van der Waals surface area (Å²) in [7, 11) is 0.544. The lowest BCUT2D eigenvalue weighted by molar-refractivity contribution is 0.569. The molecule has 0 N–H and O–H groups in total. The van der Waals surface area contributed by atoms with Gasteiger partial charge in [-0.05, 0) is 12.6 Å². The van der Waals surface area contributed by atoms with Crippen molar-refractivity contribution < 1.29 is 4.79 Å². The molecule has 48 valence electrons. The van der Waals surface area contributed by atoms with E-state index in [1.54, 1.807) is 0 Å². The molecule has 0 aliphatic carbocycles. The van der Waals surface area contributed by atoms with E-state index in [1.165, 1.54) is 19.3 Å². The molecule has 8 heavy (non-hydrogen) atoms. The van der Waals surface area contributed by atoms with Gasteiger partial charge in [-0.1, -0.05) is 28.3 Å². The summed E-state index contributed by atoms with van der Waals surface area (Å²) in [5.74, 6) is 0. The smallest absolute Gasteiger partial charge is 0.138 e. The van der Waals surface area contributed by atoms with Crippen LogP contribution in [0.2, 0.25) is 0 Å². The molecule has 0 heterocycles. The molecule has 0 aromatic heterocycles. The van der Waals surface area contributed by atoms with Gasteiger partial charge < -0.3 is 0 Å². The molecule has 0 fully saturated rings. The number of hydrogen-bond acceptors (Lipinski definition) is 1. The molecule has 0 radical (unpaired) electrons. The van der Waals surface area contributed by atoms with Crippen molar-refractivity contribution >= 4 is 14.6 Å². The van der Waals surface area contributed by atoms with Crippen LogP contribution in [0.3, 0.4) is 0 Å². The van der Waals surface area contributed by atoms with Crippen LogP contribution in [0.1, 0.15) is 26.2 Å². The summed E-state index contributed by atoms with van der Waals surface area (Å²) < 4.78 is 0. The Morgan fingerprint density at radius 3 is 2.75 bits per heavy atom. The quantitative estimate of drug-likeness (QED) is 0.318. The Morgan fingerprint density at radius 1 is 1.50 bits per heavy atom. The summed E-state index contributed by atoms with van der Waals surface area (Å²) in [4.78, 5) is 9.78. The highest BCUT2D eigenvalue weighted by atomic mass is 31.1. The molecule has 0 aliphatic rings.